The molecule has 1 heterocycles. The van der Waals surface area contributed by atoms with Crippen LogP contribution in [0.1, 0.15) is 45.7 Å². The van der Waals surface area contributed by atoms with Gasteiger partial charge in [-0.3, -0.25) is 5.32 Å². The number of fused-ring (bicyclic) bond motifs is 3. The number of benzene rings is 6. The largest absolute Gasteiger partial charge is 0.508 e. The van der Waals surface area contributed by atoms with Crippen LogP contribution < -0.4 is 27.0 Å². The minimum Gasteiger partial charge on any atom is -0.508 e. The van der Waals surface area contributed by atoms with E-state index in [-0.39, 0.29) is 11.9 Å². The number of nitrogens with one attached hydrogen (secondary N) is 2. The van der Waals surface area contributed by atoms with Gasteiger partial charge in [0.2, 0.25) is 0 Å². The van der Waals surface area contributed by atoms with Crippen molar-refractivity contribution in [2.45, 2.75) is 25.7 Å². The van der Waals surface area contributed by atoms with Crippen LogP contribution in [0.5, 0.6) is 11.5 Å². The van der Waals surface area contributed by atoms with Crippen molar-refractivity contribution in [3.63, 3.8) is 0 Å². The van der Waals surface area contributed by atoms with Crippen LogP contribution in [0.15, 0.2) is 120 Å². The lowest BCUT2D eigenvalue weighted by molar-refractivity contribution is 0.409. The maximum atomic E-state index is 12.2. The van der Waals surface area contributed by atoms with Crippen molar-refractivity contribution in [1.82, 2.24) is 10.6 Å². The molecule has 8 heteroatoms. The summed E-state index contributed by atoms with van der Waals surface area (Å²) in [7, 11) is 6.15. The van der Waals surface area contributed by atoms with Gasteiger partial charge in [0.05, 0.1) is 0 Å². The number of nitrogens with zero attached hydrogens (tertiary/aromatic N) is 1. The number of hydrogen-bond donors (Lipinski definition) is 4. The normalized spacial score (nSPS) is 16.4. The van der Waals surface area contributed by atoms with Crippen LogP contribution >= 0.6 is 0 Å². The van der Waals surface area contributed by atoms with Crippen LogP contribution in [0.4, 0.5) is 0 Å². The van der Waals surface area contributed by atoms with Crippen LogP contribution in [-0.4, -0.2) is 39.6 Å². The van der Waals surface area contributed by atoms with Crippen molar-refractivity contribution >= 4 is 45.8 Å². The molecule has 0 spiro atoms. The molecule has 0 bridgehead atoms. The summed E-state index contributed by atoms with van der Waals surface area (Å²) in [6.45, 7) is 1.97. The zero-order chi connectivity index (χ0) is 33.8. The Morgan fingerprint density at radius 2 is 1.20 bits per heavy atom. The topological polar surface area (TPSA) is 76.9 Å². The molecule has 0 amide bonds. The van der Waals surface area contributed by atoms with Gasteiger partial charge in [-0.2, -0.15) is 0 Å². The summed E-state index contributed by atoms with van der Waals surface area (Å²) in [6, 6.07) is 39.4. The summed E-state index contributed by atoms with van der Waals surface area (Å²) in [5, 5.41) is 31.0. The predicted octanol–water partition coefficient (Wildman–Crippen LogP) is 3.42. The SMILES string of the molecule is Bc1c(O)c(C)c(-c2ccccc2)c2c1Cc1c(B)c(C3N=C(c4ccccc4)NC(c4cccc(-c5ccccc5)c4)N3)c(B)c(O)c1-2. The average molecular weight is 635 g/mol. The van der Waals surface area contributed by atoms with Crippen LogP contribution in [-0.2, 0) is 6.42 Å². The molecular formula is C41H36B3N3O2. The second-order valence-corrected chi connectivity index (χ2v) is 13.2. The minimum atomic E-state index is -0.424. The van der Waals surface area contributed by atoms with E-state index in [1.165, 1.54) is 0 Å². The van der Waals surface area contributed by atoms with E-state index in [1.54, 1.807) is 0 Å². The highest BCUT2D eigenvalue weighted by atomic mass is 16.3. The maximum Gasteiger partial charge on any atom is 0.144 e. The van der Waals surface area contributed by atoms with Gasteiger partial charge >= 0.3 is 0 Å². The van der Waals surface area contributed by atoms with Gasteiger partial charge in [-0.05, 0) is 86.0 Å². The lowest BCUT2D eigenvalue weighted by atomic mass is 9.73. The van der Waals surface area contributed by atoms with Crippen molar-refractivity contribution in [1.29, 1.82) is 0 Å². The number of rotatable bonds is 5. The first-order chi connectivity index (χ1) is 23.8. The van der Waals surface area contributed by atoms with Crippen molar-refractivity contribution in [2.75, 3.05) is 0 Å². The summed E-state index contributed by atoms with van der Waals surface area (Å²) in [6.07, 6.45) is -0.0366. The summed E-state index contributed by atoms with van der Waals surface area (Å²) in [5.74, 6) is 1.39. The van der Waals surface area contributed by atoms with Gasteiger partial charge in [0.25, 0.3) is 0 Å². The first kappa shape index (κ1) is 30.9. The Balaban J connectivity index is 1.28. The summed E-state index contributed by atoms with van der Waals surface area (Å²) < 4.78 is 0. The number of hydrogen-bond acceptors (Lipinski definition) is 5. The smallest absolute Gasteiger partial charge is 0.144 e. The Morgan fingerprint density at radius 3 is 1.88 bits per heavy atom. The molecule has 8 rings (SSSR count). The number of aromatic hydroxyl groups is 2. The summed E-state index contributed by atoms with van der Waals surface area (Å²) >= 11 is 0. The Labute approximate surface area is 290 Å². The van der Waals surface area contributed by atoms with Gasteiger partial charge in [-0.1, -0.05) is 115 Å². The molecule has 1 aliphatic carbocycles. The van der Waals surface area contributed by atoms with E-state index in [9.17, 15) is 10.2 Å². The highest BCUT2D eigenvalue weighted by Gasteiger charge is 2.35. The van der Waals surface area contributed by atoms with E-state index in [1.807, 2.05) is 65.1 Å². The van der Waals surface area contributed by atoms with E-state index in [0.29, 0.717) is 12.2 Å². The third kappa shape index (κ3) is 5.15. The van der Waals surface area contributed by atoms with E-state index < -0.39 is 6.17 Å². The molecule has 0 fully saturated rings. The molecule has 6 aromatic carbocycles. The van der Waals surface area contributed by atoms with E-state index in [0.717, 1.165) is 89.0 Å². The highest BCUT2D eigenvalue weighted by Crippen LogP contribution is 2.49. The fourth-order valence-corrected chi connectivity index (χ4v) is 7.85. The Bertz CT molecular complexity index is 2280. The lowest BCUT2D eigenvalue weighted by Gasteiger charge is -2.34. The average Bonchev–Trinajstić information content (AvgIpc) is 3.55. The van der Waals surface area contributed by atoms with Gasteiger partial charge in [-0.15, -0.1) is 0 Å². The standard InChI is InChI=1S/C41H36B3N3O2/c1-22-30(24-14-7-3-8-15-24)31-28(35(43)37(22)48)21-29-32(31)38(49)36(44)33(34(29)42)41-46-39(25-16-9-4-10-17-25)45-40(47-41)27-19-11-18-26(20-27)23-12-5-2-6-13-23/h2-20,40-41,47-49H,21,42-44H2,1H3,(H,45,46). The molecule has 49 heavy (non-hydrogen) atoms. The number of phenols is 2. The third-order valence-electron chi connectivity index (χ3n) is 10.4. The zero-order valence-electron chi connectivity index (χ0n) is 28.2. The zero-order valence-corrected chi connectivity index (χ0v) is 28.2. The van der Waals surface area contributed by atoms with Crippen LogP contribution in [0.3, 0.4) is 0 Å². The van der Waals surface area contributed by atoms with Crippen molar-refractivity contribution in [2.24, 2.45) is 4.99 Å². The third-order valence-corrected chi connectivity index (χ3v) is 10.4. The van der Waals surface area contributed by atoms with Gasteiger partial charge in [0.15, 0.2) is 0 Å². The molecule has 0 radical (unpaired) electrons. The van der Waals surface area contributed by atoms with Crippen molar-refractivity contribution in [3.05, 3.63) is 149 Å². The molecule has 1 aliphatic heterocycles. The van der Waals surface area contributed by atoms with Gasteiger partial charge in [0, 0.05) is 11.1 Å². The van der Waals surface area contributed by atoms with Gasteiger partial charge < -0.3 is 15.5 Å². The Hall–Kier alpha value is -5.46. The molecule has 0 saturated carbocycles. The second kappa shape index (κ2) is 12.2. The molecular weight excluding hydrogens is 599 g/mol. The molecule has 0 aromatic heterocycles. The molecule has 2 aliphatic rings. The molecule has 236 valence electrons. The Kier molecular flexibility index (Phi) is 7.69. The lowest BCUT2D eigenvalue weighted by Crippen LogP contribution is -2.47. The maximum absolute atomic E-state index is 12.2. The van der Waals surface area contributed by atoms with E-state index >= 15 is 0 Å². The summed E-state index contributed by atoms with van der Waals surface area (Å²) in [5.41, 5.74) is 15.0. The molecule has 0 saturated heterocycles. The first-order valence-electron chi connectivity index (χ1n) is 16.9. The number of aliphatic imine (C=N–C) groups is 1. The van der Waals surface area contributed by atoms with Gasteiger partial charge in [0.1, 0.15) is 53.2 Å². The molecule has 2 atom stereocenters. The highest BCUT2D eigenvalue weighted by molar-refractivity contribution is 6.44. The fourth-order valence-electron chi connectivity index (χ4n) is 7.85. The Morgan fingerprint density at radius 1 is 0.612 bits per heavy atom. The first-order valence-corrected chi connectivity index (χ1v) is 16.9. The van der Waals surface area contributed by atoms with Gasteiger partial charge in [-0.25, -0.2) is 4.99 Å². The molecule has 5 nitrogen and oxygen atoms in total. The minimum absolute atomic E-state index is 0.237. The van der Waals surface area contributed by atoms with Crippen molar-refractivity contribution in [3.8, 4) is 44.9 Å². The van der Waals surface area contributed by atoms with Crippen LogP contribution in [0, 0.1) is 6.92 Å². The van der Waals surface area contributed by atoms with Crippen molar-refractivity contribution < 1.29 is 10.2 Å². The molecule has 6 aromatic rings. The van der Waals surface area contributed by atoms with Crippen LogP contribution in [0.25, 0.3) is 33.4 Å². The molecule has 2 unspecified atom stereocenters. The quantitative estimate of drug-likeness (QED) is 0.219. The monoisotopic (exact) mass is 635 g/mol. The molecule has 4 N–H and O–H groups in total. The fraction of sp³-hybridized carbons (Fsp3) is 0.0976. The predicted molar refractivity (Wildman–Crippen MR) is 209 cm³/mol. The van der Waals surface area contributed by atoms with Crippen LogP contribution in [0.2, 0.25) is 0 Å². The second-order valence-electron chi connectivity index (χ2n) is 13.2. The van der Waals surface area contributed by atoms with E-state index in [4.69, 9.17) is 4.99 Å². The van der Waals surface area contributed by atoms with E-state index in [2.05, 4.69) is 91.3 Å². The number of amidine groups is 1. The summed E-state index contributed by atoms with van der Waals surface area (Å²) in [4.78, 5) is 5.27. The number of phenolic OH excluding ortho intramolecular Hbond substituents is 2.